The van der Waals surface area contributed by atoms with E-state index in [4.69, 9.17) is 15.6 Å². The summed E-state index contributed by atoms with van der Waals surface area (Å²) < 4.78 is 5.28. The summed E-state index contributed by atoms with van der Waals surface area (Å²) in [5, 5.41) is 16.4. The van der Waals surface area contributed by atoms with E-state index in [1.54, 1.807) is 7.11 Å². The van der Waals surface area contributed by atoms with Crippen molar-refractivity contribution < 1.29 is 9.84 Å². The third kappa shape index (κ3) is 2.28. The number of fused-ring (bicyclic) bond motifs is 2. The molecule has 0 saturated carbocycles. The second kappa shape index (κ2) is 5.69. The zero-order valence-corrected chi connectivity index (χ0v) is 13.5. The highest BCUT2D eigenvalue weighted by Gasteiger charge is 2.49. The zero-order valence-electron chi connectivity index (χ0n) is 13.5. The van der Waals surface area contributed by atoms with Gasteiger partial charge >= 0.3 is 0 Å². The number of β-amino-alcohol motifs (C(OH)–C–C–N with tert-alkyl or cyclic N) is 1. The van der Waals surface area contributed by atoms with Crippen LogP contribution in [0.25, 0.3) is 0 Å². The summed E-state index contributed by atoms with van der Waals surface area (Å²) in [4.78, 5) is 2.54. The van der Waals surface area contributed by atoms with E-state index in [2.05, 4.69) is 16.0 Å². The maximum atomic E-state index is 9.44. The van der Waals surface area contributed by atoms with Gasteiger partial charge in [-0.1, -0.05) is 6.07 Å². The maximum absolute atomic E-state index is 9.44. The molecule has 0 spiro atoms. The molecule has 1 aromatic rings. The lowest BCUT2D eigenvalue weighted by molar-refractivity contribution is 0.0874. The van der Waals surface area contributed by atoms with Crippen LogP contribution in [0.4, 0.5) is 5.69 Å². The third-order valence-electron chi connectivity index (χ3n) is 5.43. The molecule has 3 saturated heterocycles. The first-order valence-electron chi connectivity index (χ1n) is 8.36. The Morgan fingerprint density at radius 1 is 1.30 bits per heavy atom. The fourth-order valence-corrected chi connectivity index (χ4v) is 4.36. The quantitative estimate of drug-likeness (QED) is 0.813. The molecule has 124 valence electrons. The Labute approximate surface area is 136 Å². The number of nitrogens with two attached hydrogens (primary N) is 1. The van der Waals surface area contributed by atoms with E-state index < -0.39 is 0 Å². The number of ether oxygens (including phenoxy) is 1. The van der Waals surface area contributed by atoms with Gasteiger partial charge < -0.3 is 15.6 Å². The number of aliphatic hydroxyl groups is 1. The molecule has 0 aliphatic carbocycles. The van der Waals surface area contributed by atoms with Crippen molar-refractivity contribution >= 4 is 11.4 Å². The lowest BCUT2D eigenvalue weighted by atomic mass is 9.78. The number of hydrazone groups is 1. The standard InChI is InChI=1S/C17H24N4O2/c1-23-14-3-2-12(10-13(14)18)16-17-15(19-21(16)8-9-22)11-4-6-20(17)7-5-11/h2-3,10-11,16-17,22H,4-9,18H2,1H3. The number of piperidine rings is 3. The highest BCUT2D eigenvalue weighted by Crippen LogP contribution is 2.43. The topological polar surface area (TPSA) is 74.3 Å². The van der Waals surface area contributed by atoms with Crippen LogP contribution < -0.4 is 10.5 Å². The van der Waals surface area contributed by atoms with Crippen LogP contribution in [0.3, 0.4) is 0 Å². The molecule has 5 rings (SSSR count). The number of anilines is 1. The van der Waals surface area contributed by atoms with Gasteiger partial charge in [-0.2, -0.15) is 5.10 Å². The minimum atomic E-state index is 0.107. The summed E-state index contributed by atoms with van der Waals surface area (Å²) in [5.74, 6) is 1.30. The maximum Gasteiger partial charge on any atom is 0.141 e. The first kappa shape index (κ1) is 14.8. The Bertz CT molecular complexity index is 625. The molecule has 4 aliphatic heterocycles. The molecule has 4 heterocycles. The molecular weight excluding hydrogens is 292 g/mol. The first-order valence-corrected chi connectivity index (χ1v) is 8.36. The van der Waals surface area contributed by atoms with Gasteiger partial charge in [0.05, 0.1) is 43.7 Å². The number of nitrogens with zero attached hydrogens (tertiary/aromatic N) is 3. The van der Waals surface area contributed by atoms with Crippen LogP contribution in [0.5, 0.6) is 5.75 Å². The number of aliphatic hydroxyl groups excluding tert-OH is 1. The van der Waals surface area contributed by atoms with E-state index in [0.717, 1.165) is 18.7 Å². The molecule has 4 aliphatic rings. The van der Waals surface area contributed by atoms with Gasteiger partial charge in [-0.15, -0.1) is 0 Å². The van der Waals surface area contributed by atoms with Crippen LogP contribution in [0.15, 0.2) is 23.3 Å². The van der Waals surface area contributed by atoms with Crippen molar-refractivity contribution in [2.45, 2.75) is 24.9 Å². The van der Waals surface area contributed by atoms with Gasteiger partial charge in [-0.25, -0.2) is 0 Å². The van der Waals surface area contributed by atoms with Crippen LogP contribution in [0, 0.1) is 5.92 Å². The van der Waals surface area contributed by atoms with E-state index >= 15 is 0 Å². The second-order valence-electron chi connectivity index (χ2n) is 6.61. The predicted molar refractivity (Wildman–Crippen MR) is 89.5 cm³/mol. The van der Waals surface area contributed by atoms with E-state index in [1.165, 1.54) is 18.6 Å². The van der Waals surface area contributed by atoms with Crippen molar-refractivity contribution in [2.75, 3.05) is 39.1 Å². The number of methoxy groups -OCH3 is 1. The zero-order chi connectivity index (χ0) is 16.0. The summed E-state index contributed by atoms with van der Waals surface area (Å²) in [6, 6.07) is 6.45. The number of benzene rings is 1. The van der Waals surface area contributed by atoms with Crippen molar-refractivity contribution in [3.05, 3.63) is 23.8 Å². The summed E-state index contributed by atoms with van der Waals surface area (Å²) in [7, 11) is 1.63. The van der Waals surface area contributed by atoms with Gasteiger partial charge in [0.25, 0.3) is 0 Å². The molecule has 0 amide bonds. The lowest BCUT2D eigenvalue weighted by Gasteiger charge is -2.46. The van der Waals surface area contributed by atoms with Gasteiger partial charge in [0, 0.05) is 5.92 Å². The SMILES string of the molecule is COc1ccc(C2C3C(=NN2CCO)C2CCN3CC2)cc1N. The van der Waals surface area contributed by atoms with E-state index in [9.17, 15) is 5.11 Å². The highest BCUT2D eigenvalue weighted by atomic mass is 16.5. The van der Waals surface area contributed by atoms with Crippen LogP contribution in [0.2, 0.25) is 0 Å². The van der Waals surface area contributed by atoms with Crippen LogP contribution in [0.1, 0.15) is 24.4 Å². The molecule has 0 aromatic heterocycles. The minimum absolute atomic E-state index is 0.107. The highest BCUT2D eigenvalue weighted by molar-refractivity contribution is 5.95. The fourth-order valence-electron chi connectivity index (χ4n) is 4.36. The number of hydrogen-bond donors (Lipinski definition) is 2. The van der Waals surface area contributed by atoms with Crippen molar-refractivity contribution in [1.82, 2.24) is 9.91 Å². The summed E-state index contributed by atoms with van der Waals surface area (Å²) in [6.45, 7) is 2.94. The van der Waals surface area contributed by atoms with Crippen molar-refractivity contribution in [3.63, 3.8) is 0 Å². The molecule has 2 atom stereocenters. The normalized spacial score (nSPS) is 31.9. The largest absolute Gasteiger partial charge is 0.495 e. The van der Waals surface area contributed by atoms with Crippen LogP contribution in [-0.4, -0.2) is 60.1 Å². The average Bonchev–Trinajstić information content (AvgIpc) is 2.97. The summed E-state index contributed by atoms with van der Waals surface area (Å²) in [5.41, 5.74) is 9.22. The molecule has 3 N–H and O–H groups in total. The lowest BCUT2D eigenvalue weighted by Crippen LogP contribution is -2.56. The van der Waals surface area contributed by atoms with Gasteiger partial charge in [0.15, 0.2) is 0 Å². The van der Waals surface area contributed by atoms with Gasteiger partial charge in [0.1, 0.15) is 5.75 Å². The molecule has 0 radical (unpaired) electrons. The minimum Gasteiger partial charge on any atom is -0.495 e. The fraction of sp³-hybridized carbons (Fsp3) is 0.588. The number of rotatable bonds is 4. The summed E-state index contributed by atoms with van der Waals surface area (Å²) >= 11 is 0. The van der Waals surface area contributed by atoms with Gasteiger partial charge in [-0.05, 0) is 43.6 Å². The molecular formula is C17H24N4O2. The molecule has 2 unspecified atom stereocenters. The Morgan fingerprint density at radius 2 is 2.09 bits per heavy atom. The molecule has 1 aromatic carbocycles. The number of hydrogen-bond acceptors (Lipinski definition) is 6. The number of nitrogen functional groups attached to an aromatic ring is 1. The first-order chi connectivity index (χ1) is 11.2. The Kier molecular flexibility index (Phi) is 3.66. The third-order valence-corrected chi connectivity index (χ3v) is 5.43. The van der Waals surface area contributed by atoms with Gasteiger partial charge in [0.2, 0.25) is 0 Å². The smallest absolute Gasteiger partial charge is 0.141 e. The predicted octanol–water partition coefficient (Wildman–Crippen LogP) is 1.08. The summed E-state index contributed by atoms with van der Waals surface area (Å²) in [6.07, 6.45) is 2.42. The van der Waals surface area contributed by atoms with Crippen molar-refractivity contribution in [1.29, 1.82) is 0 Å². The monoisotopic (exact) mass is 316 g/mol. The van der Waals surface area contributed by atoms with Crippen LogP contribution >= 0.6 is 0 Å². The van der Waals surface area contributed by atoms with Crippen molar-refractivity contribution in [2.24, 2.45) is 11.0 Å². The molecule has 23 heavy (non-hydrogen) atoms. The Hall–Kier alpha value is -1.79. The van der Waals surface area contributed by atoms with Crippen molar-refractivity contribution in [3.8, 4) is 5.75 Å². The molecule has 6 nitrogen and oxygen atoms in total. The average molecular weight is 316 g/mol. The van der Waals surface area contributed by atoms with Crippen LogP contribution in [-0.2, 0) is 0 Å². The van der Waals surface area contributed by atoms with E-state index in [-0.39, 0.29) is 12.6 Å². The molecule has 6 heteroatoms. The second-order valence-corrected chi connectivity index (χ2v) is 6.61. The Balaban J connectivity index is 1.72. The van der Waals surface area contributed by atoms with E-state index in [1.807, 2.05) is 12.1 Å². The van der Waals surface area contributed by atoms with Gasteiger partial charge in [-0.3, -0.25) is 9.91 Å². The Morgan fingerprint density at radius 3 is 2.74 bits per heavy atom. The van der Waals surface area contributed by atoms with E-state index in [0.29, 0.717) is 29.9 Å². The molecule has 2 bridgehead atoms. The molecule has 3 fully saturated rings.